The number of aromatic amines is 1. The third-order valence-corrected chi connectivity index (χ3v) is 5.35. The Morgan fingerprint density at radius 3 is 2.70 bits per heavy atom. The van der Waals surface area contributed by atoms with E-state index in [0.29, 0.717) is 23.4 Å². The van der Waals surface area contributed by atoms with E-state index in [4.69, 9.17) is 4.74 Å². The zero-order valence-corrected chi connectivity index (χ0v) is 16.9. The van der Waals surface area contributed by atoms with Crippen molar-refractivity contribution in [3.05, 3.63) is 58.9 Å². The quantitative estimate of drug-likeness (QED) is 0.589. The van der Waals surface area contributed by atoms with Crippen molar-refractivity contribution in [3.8, 4) is 11.3 Å². The molecule has 0 radical (unpaired) electrons. The second-order valence-electron chi connectivity index (χ2n) is 7.53. The predicted molar refractivity (Wildman–Crippen MR) is 118 cm³/mol. The van der Waals surface area contributed by atoms with Crippen LogP contribution in [0, 0.1) is 0 Å². The SMILES string of the molecule is O=C(COCCN1CCCCC1)Nc1cccc(-c2n[nH]c(=O)c3ccccc23)c1. The number of anilines is 1. The van der Waals surface area contributed by atoms with E-state index >= 15 is 0 Å². The van der Waals surface area contributed by atoms with Gasteiger partial charge in [-0.2, -0.15) is 5.10 Å². The number of rotatable bonds is 7. The zero-order chi connectivity index (χ0) is 20.8. The maximum atomic E-state index is 12.3. The number of hydrogen-bond acceptors (Lipinski definition) is 5. The van der Waals surface area contributed by atoms with Crippen LogP contribution in [0.4, 0.5) is 5.69 Å². The number of likely N-dealkylation sites (tertiary alicyclic amines) is 1. The summed E-state index contributed by atoms with van der Waals surface area (Å²) in [7, 11) is 0. The Bertz CT molecular complexity index is 1070. The smallest absolute Gasteiger partial charge is 0.272 e. The lowest BCUT2D eigenvalue weighted by atomic mass is 10.0. The number of ether oxygens (including phenoxy) is 1. The number of H-pyrrole nitrogens is 1. The molecule has 0 atom stereocenters. The highest BCUT2D eigenvalue weighted by Crippen LogP contribution is 2.26. The summed E-state index contributed by atoms with van der Waals surface area (Å²) in [5.41, 5.74) is 1.92. The van der Waals surface area contributed by atoms with Crippen molar-refractivity contribution in [2.75, 3.05) is 38.2 Å². The molecule has 1 aromatic heterocycles. The molecule has 7 heteroatoms. The highest BCUT2D eigenvalue weighted by atomic mass is 16.5. The lowest BCUT2D eigenvalue weighted by Gasteiger charge is -2.26. The van der Waals surface area contributed by atoms with Gasteiger partial charge in [-0.3, -0.25) is 9.59 Å². The maximum absolute atomic E-state index is 12.3. The second kappa shape index (κ2) is 9.65. The van der Waals surface area contributed by atoms with E-state index in [1.54, 1.807) is 6.07 Å². The Kier molecular flexibility index (Phi) is 6.51. The van der Waals surface area contributed by atoms with Gasteiger partial charge < -0.3 is 15.0 Å². The lowest BCUT2D eigenvalue weighted by molar-refractivity contribution is -0.120. The molecule has 0 spiro atoms. The van der Waals surface area contributed by atoms with Crippen molar-refractivity contribution in [1.82, 2.24) is 15.1 Å². The van der Waals surface area contributed by atoms with E-state index in [2.05, 4.69) is 20.4 Å². The van der Waals surface area contributed by atoms with Crippen LogP contribution in [0.2, 0.25) is 0 Å². The van der Waals surface area contributed by atoms with Crippen LogP contribution < -0.4 is 10.9 Å². The molecule has 1 aliphatic heterocycles. The number of amides is 1. The summed E-state index contributed by atoms with van der Waals surface area (Å²) in [6.45, 7) is 3.69. The summed E-state index contributed by atoms with van der Waals surface area (Å²) in [6.07, 6.45) is 3.80. The van der Waals surface area contributed by atoms with E-state index < -0.39 is 0 Å². The third kappa shape index (κ3) is 4.93. The molecule has 2 N–H and O–H groups in total. The van der Waals surface area contributed by atoms with Crippen molar-refractivity contribution in [2.45, 2.75) is 19.3 Å². The number of hydrogen-bond donors (Lipinski definition) is 2. The van der Waals surface area contributed by atoms with Gasteiger partial charge in [0, 0.05) is 23.2 Å². The zero-order valence-electron chi connectivity index (χ0n) is 16.9. The van der Waals surface area contributed by atoms with Crippen LogP contribution in [0.15, 0.2) is 53.3 Å². The molecule has 3 aromatic rings. The molecule has 30 heavy (non-hydrogen) atoms. The van der Waals surface area contributed by atoms with Crippen molar-refractivity contribution in [2.24, 2.45) is 0 Å². The van der Waals surface area contributed by atoms with Gasteiger partial charge >= 0.3 is 0 Å². The fraction of sp³-hybridized carbons (Fsp3) is 0.348. The van der Waals surface area contributed by atoms with Crippen LogP contribution >= 0.6 is 0 Å². The summed E-state index contributed by atoms with van der Waals surface area (Å²) in [4.78, 5) is 26.6. The van der Waals surface area contributed by atoms with Crippen LogP contribution in [-0.2, 0) is 9.53 Å². The first-order valence-electron chi connectivity index (χ1n) is 10.4. The minimum Gasteiger partial charge on any atom is -0.370 e. The summed E-state index contributed by atoms with van der Waals surface area (Å²) in [5, 5.41) is 11.0. The number of carbonyl (C=O) groups excluding carboxylic acids is 1. The molecule has 2 aromatic carbocycles. The number of piperidine rings is 1. The predicted octanol–water partition coefficient (Wildman–Crippen LogP) is 3.03. The molecule has 2 heterocycles. The van der Waals surface area contributed by atoms with Crippen molar-refractivity contribution in [3.63, 3.8) is 0 Å². The molecule has 1 amide bonds. The number of nitrogens with one attached hydrogen (secondary N) is 2. The van der Waals surface area contributed by atoms with Crippen LogP contribution in [0.5, 0.6) is 0 Å². The highest BCUT2D eigenvalue weighted by molar-refractivity contribution is 5.96. The number of carbonyl (C=O) groups is 1. The van der Waals surface area contributed by atoms with E-state index in [1.165, 1.54) is 19.3 Å². The topological polar surface area (TPSA) is 87.3 Å². The normalized spacial score (nSPS) is 14.7. The summed E-state index contributed by atoms with van der Waals surface area (Å²) < 4.78 is 5.55. The van der Waals surface area contributed by atoms with Gasteiger partial charge in [-0.25, -0.2) is 5.10 Å². The molecule has 1 saturated heterocycles. The molecule has 0 aliphatic carbocycles. The minimum atomic E-state index is -0.222. The van der Waals surface area contributed by atoms with Gasteiger partial charge in [-0.1, -0.05) is 36.8 Å². The van der Waals surface area contributed by atoms with Gasteiger partial charge in [0.1, 0.15) is 6.61 Å². The van der Waals surface area contributed by atoms with Gasteiger partial charge in [-0.15, -0.1) is 0 Å². The van der Waals surface area contributed by atoms with Gasteiger partial charge in [0.2, 0.25) is 5.91 Å². The highest BCUT2D eigenvalue weighted by Gasteiger charge is 2.11. The van der Waals surface area contributed by atoms with Crippen LogP contribution in [0.1, 0.15) is 19.3 Å². The molecule has 7 nitrogen and oxygen atoms in total. The standard InChI is InChI=1S/C23H26N4O3/c28-21(16-30-14-13-27-11-4-1-5-12-27)24-18-8-6-7-17(15-18)22-19-9-2-3-10-20(19)23(29)26-25-22/h2-3,6-10,15H,1,4-5,11-14,16H2,(H,24,28)(H,26,29). The Morgan fingerprint density at radius 1 is 1.07 bits per heavy atom. The van der Waals surface area contributed by atoms with Gasteiger partial charge in [0.05, 0.1) is 17.7 Å². The van der Waals surface area contributed by atoms with Crippen molar-refractivity contribution >= 4 is 22.4 Å². The number of nitrogens with zero attached hydrogens (tertiary/aromatic N) is 2. The summed E-state index contributed by atoms with van der Waals surface area (Å²) in [5.74, 6) is -0.190. The van der Waals surface area contributed by atoms with Crippen LogP contribution in [-0.4, -0.2) is 53.9 Å². The second-order valence-corrected chi connectivity index (χ2v) is 7.53. The van der Waals surface area contributed by atoms with Crippen LogP contribution in [0.3, 0.4) is 0 Å². The summed E-state index contributed by atoms with van der Waals surface area (Å²) >= 11 is 0. The van der Waals surface area contributed by atoms with Gasteiger partial charge in [0.15, 0.2) is 0 Å². The Balaban J connectivity index is 1.37. The first-order valence-corrected chi connectivity index (χ1v) is 10.4. The van der Waals surface area contributed by atoms with E-state index in [0.717, 1.165) is 30.6 Å². The first kappa shape index (κ1) is 20.3. The molecule has 156 valence electrons. The van der Waals surface area contributed by atoms with E-state index in [9.17, 15) is 9.59 Å². The third-order valence-electron chi connectivity index (χ3n) is 5.35. The lowest BCUT2D eigenvalue weighted by Crippen LogP contribution is -2.33. The van der Waals surface area contributed by atoms with Crippen molar-refractivity contribution in [1.29, 1.82) is 0 Å². The average molecular weight is 406 g/mol. The fourth-order valence-corrected chi connectivity index (χ4v) is 3.82. The Morgan fingerprint density at radius 2 is 1.87 bits per heavy atom. The molecule has 1 fully saturated rings. The number of fused-ring (bicyclic) bond motifs is 1. The Hall–Kier alpha value is -3.03. The van der Waals surface area contributed by atoms with Gasteiger partial charge in [-0.05, 0) is 44.1 Å². The number of benzene rings is 2. The molecular weight excluding hydrogens is 380 g/mol. The summed E-state index contributed by atoms with van der Waals surface area (Å²) in [6, 6.07) is 14.8. The van der Waals surface area contributed by atoms with Crippen LogP contribution in [0.25, 0.3) is 22.0 Å². The number of aromatic nitrogens is 2. The van der Waals surface area contributed by atoms with Crippen molar-refractivity contribution < 1.29 is 9.53 Å². The molecule has 0 bridgehead atoms. The van der Waals surface area contributed by atoms with E-state index in [1.807, 2.05) is 42.5 Å². The average Bonchev–Trinajstić information content (AvgIpc) is 2.78. The van der Waals surface area contributed by atoms with E-state index in [-0.39, 0.29) is 18.1 Å². The molecular formula is C23H26N4O3. The monoisotopic (exact) mass is 406 g/mol. The van der Waals surface area contributed by atoms with Gasteiger partial charge in [0.25, 0.3) is 5.56 Å². The molecule has 1 aliphatic rings. The molecule has 0 saturated carbocycles. The fourth-order valence-electron chi connectivity index (χ4n) is 3.82. The molecule has 0 unspecified atom stereocenters. The minimum absolute atomic E-state index is 0.0257. The first-order chi connectivity index (χ1) is 14.7. The Labute approximate surface area is 175 Å². The maximum Gasteiger partial charge on any atom is 0.272 e. The molecule has 4 rings (SSSR count). The largest absolute Gasteiger partial charge is 0.370 e.